The van der Waals surface area contributed by atoms with Crippen molar-refractivity contribution < 1.29 is 0 Å². The molecular weight excluding hydrogens is 222 g/mol. The maximum absolute atomic E-state index is 6.14. The molecule has 0 aromatic heterocycles. The van der Waals surface area contributed by atoms with Crippen LogP contribution >= 0.6 is 0 Å². The molecule has 3 nitrogen and oxygen atoms in total. The van der Waals surface area contributed by atoms with Gasteiger partial charge in [-0.25, -0.2) is 0 Å². The first-order valence-electron chi connectivity index (χ1n) is 6.93. The molecular formula is C15H21N3. The Labute approximate surface area is 109 Å². The Morgan fingerprint density at radius 2 is 2.06 bits per heavy atom. The average molecular weight is 243 g/mol. The van der Waals surface area contributed by atoms with E-state index < -0.39 is 0 Å². The van der Waals surface area contributed by atoms with Crippen molar-refractivity contribution in [1.82, 2.24) is 4.90 Å². The first kappa shape index (κ1) is 11.6. The van der Waals surface area contributed by atoms with Crippen molar-refractivity contribution in [2.75, 3.05) is 6.54 Å². The molecule has 1 aromatic carbocycles. The van der Waals surface area contributed by atoms with Crippen LogP contribution in [0.1, 0.15) is 38.2 Å². The summed E-state index contributed by atoms with van der Waals surface area (Å²) in [5.74, 6) is 0.745. The summed E-state index contributed by atoms with van der Waals surface area (Å²) in [6.07, 6.45) is 4.79. The number of nitrogens with two attached hydrogens (primary N) is 1. The van der Waals surface area contributed by atoms with Crippen molar-refractivity contribution in [2.45, 2.75) is 44.2 Å². The lowest BCUT2D eigenvalue weighted by atomic mass is 9.84. The molecule has 1 aliphatic carbocycles. The predicted molar refractivity (Wildman–Crippen MR) is 74.4 cm³/mol. The van der Waals surface area contributed by atoms with Crippen LogP contribution in [-0.2, 0) is 5.54 Å². The zero-order valence-electron chi connectivity index (χ0n) is 11.0. The van der Waals surface area contributed by atoms with E-state index in [0.717, 1.165) is 25.3 Å². The third-order valence-electron chi connectivity index (χ3n) is 4.10. The summed E-state index contributed by atoms with van der Waals surface area (Å²) in [6.45, 7) is 3.05. The van der Waals surface area contributed by atoms with Crippen LogP contribution < -0.4 is 5.73 Å². The second-order valence-electron chi connectivity index (χ2n) is 5.42. The molecule has 1 heterocycles. The number of guanidine groups is 1. The van der Waals surface area contributed by atoms with Crippen LogP contribution in [0.5, 0.6) is 0 Å². The average Bonchev–Trinajstić information content (AvgIpc) is 3.17. The van der Waals surface area contributed by atoms with E-state index in [1.807, 2.05) is 0 Å². The molecule has 1 atom stereocenters. The molecule has 0 amide bonds. The molecule has 0 spiro atoms. The van der Waals surface area contributed by atoms with Gasteiger partial charge in [0.05, 0.1) is 12.1 Å². The van der Waals surface area contributed by atoms with E-state index in [1.54, 1.807) is 0 Å². The molecule has 1 aliphatic heterocycles. The fourth-order valence-corrected chi connectivity index (χ4v) is 3.19. The highest BCUT2D eigenvalue weighted by Gasteiger charge is 2.49. The van der Waals surface area contributed by atoms with Crippen LogP contribution in [0.4, 0.5) is 0 Å². The monoisotopic (exact) mass is 243 g/mol. The molecule has 18 heavy (non-hydrogen) atoms. The molecule has 2 aliphatic rings. The van der Waals surface area contributed by atoms with Gasteiger partial charge >= 0.3 is 0 Å². The molecule has 0 bridgehead atoms. The lowest BCUT2D eigenvalue weighted by Crippen LogP contribution is -2.50. The van der Waals surface area contributed by atoms with E-state index in [1.165, 1.54) is 18.4 Å². The summed E-state index contributed by atoms with van der Waals surface area (Å²) in [6, 6.07) is 11.4. The highest BCUT2D eigenvalue weighted by Crippen LogP contribution is 2.44. The molecule has 1 unspecified atom stereocenters. The predicted octanol–water partition coefficient (Wildman–Crippen LogP) is 2.47. The van der Waals surface area contributed by atoms with Gasteiger partial charge in [0.1, 0.15) is 0 Å². The lowest BCUT2D eigenvalue weighted by Gasteiger charge is -2.40. The molecule has 3 rings (SSSR count). The van der Waals surface area contributed by atoms with Crippen LogP contribution in [0.2, 0.25) is 0 Å². The Hall–Kier alpha value is -1.51. The number of rotatable bonds is 4. The van der Waals surface area contributed by atoms with Crippen molar-refractivity contribution in [3.05, 3.63) is 35.9 Å². The smallest absolute Gasteiger partial charge is 0.192 e. The van der Waals surface area contributed by atoms with E-state index in [0.29, 0.717) is 6.04 Å². The number of hydrogen-bond acceptors (Lipinski definition) is 3. The Balaban J connectivity index is 2.01. The highest BCUT2D eigenvalue weighted by molar-refractivity contribution is 5.82. The van der Waals surface area contributed by atoms with Gasteiger partial charge in [-0.05, 0) is 24.8 Å². The Morgan fingerprint density at radius 3 is 2.67 bits per heavy atom. The summed E-state index contributed by atoms with van der Waals surface area (Å²) >= 11 is 0. The van der Waals surface area contributed by atoms with Gasteiger partial charge in [-0.1, -0.05) is 43.7 Å². The SMILES string of the molecule is CCCC1(c2ccccc2)CN=C(N)N1C1CC1. The molecule has 1 aromatic rings. The van der Waals surface area contributed by atoms with E-state index in [2.05, 4.69) is 47.1 Å². The van der Waals surface area contributed by atoms with Gasteiger partial charge in [0.2, 0.25) is 0 Å². The zero-order chi connectivity index (χ0) is 12.6. The van der Waals surface area contributed by atoms with E-state index >= 15 is 0 Å². The maximum atomic E-state index is 6.14. The second kappa shape index (κ2) is 4.30. The summed E-state index contributed by atoms with van der Waals surface area (Å²) in [5, 5.41) is 0. The van der Waals surface area contributed by atoms with E-state index in [4.69, 9.17) is 5.73 Å². The molecule has 96 valence electrons. The minimum atomic E-state index is 0.0151. The molecule has 3 heteroatoms. The zero-order valence-corrected chi connectivity index (χ0v) is 11.0. The number of nitrogens with zero attached hydrogens (tertiary/aromatic N) is 2. The van der Waals surface area contributed by atoms with Crippen molar-refractivity contribution in [2.24, 2.45) is 10.7 Å². The number of benzene rings is 1. The number of aliphatic imine (C=N–C) groups is 1. The summed E-state index contributed by atoms with van der Waals surface area (Å²) < 4.78 is 0. The van der Waals surface area contributed by atoms with Crippen molar-refractivity contribution in [3.8, 4) is 0 Å². The van der Waals surface area contributed by atoms with Gasteiger partial charge in [0.25, 0.3) is 0 Å². The van der Waals surface area contributed by atoms with Gasteiger partial charge in [-0.2, -0.15) is 0 Å². The first-order valence-corrected chi connectivity index (χ1v) is 6.93. The van der Waals surface area contributed by atoms with E-state index in [9.17, 15) is 0 Å². The van der Waals surface area contributed by atoms with Crippen LogP contribution in [0, 0.1) is 0 Å². The van der Waals surface area contributed by atoms with Crippen molar-refractivity contribution >= 4 is 5.96 Å². The Morgan fingerprint density at radius 1 is 1.33 bits per heavy atom. The lowest BCUT2D eigenvalue weighted by molar-refractivity contribution is 0.177. The van der Waals surface area contributed by atoms with Gasteiger partial charge in [-0.15, -0.1) is 0 Å². The second-order valence-corrected chi connectivity index (χ2v) is 5.42. The van der Waals surface area contributed by atoms with Gasteiger partial charge in [0, 0.05) is 6.04 Å². The Bertz CT molecular complexity index is 450. The molecule has 1 fully saturated rings. The van der Waals surface area contributed by atoms with Crippen molar-refractivity contribution in [1.29, 1.82) is 0 Å². The fourth-order valence-electron chi connectivity index (χ4n) is 3.19. The topological polar surface area (TPSA) is 41.6 Å². The molecule has 0 saturated heterocycles. The van der Waals surface area contributed by atoms with Crippen LogP contribution in [0.3, 0.4) is 0 Å². The van der Waals surface area contributed by atoms with Crippen LogP contribution in [0.25, 0.3) is 0 Å². The quantitative estimate of drug-likeness (QED) is 0.882. The maximum Gasteiger partial charge on any atom is 0.192 e. The summed E-state index contributed by atoms with van der Waals surface area (Å²) in [7, 11) is 0. The summed E-state index contributed by atoms with van der Waals surface area (Å²) in [4.78, 5) is 6.94. The van der Waals surface area contributed by atoms with Crippen LogP contribution in [-0.4, -0.2) is 23.4 Å². The fraction of sp³-hybridized carbons (Fsp3) is 0.533. The first-order chi connectivity index (χ1) is 8.78. The summed E-state index contributed by atoms with van der Waals surface area (Å²) in [5.41, 5.74) is 7.52. The minimum absolute atomic E-state index is 0.0151. The van der Waals surface area contributed by atoms with Gasteiger partial charge in [0.15, 0.2) is 5.96 Å². The highest BCUT2D eigenvalue weighted by atomic mass is 15.4. The Kier molecular flexibility index (Phi) is 2.77. The largest absolute Gasteiger partial charge is 0.370 e. The van der Waals surface area contributed by atoms with Crippen molar-refractivity contribution in [3.63, 3.8) is 0 Å². The van der Waals surface area contributed by atoms with Gasteiger partial charge in [-0.3, -0.25) is 4.99 Å². The van der Waals surface area contributed by atoms with Crippen LogP contribution in [0.15, 0.2) is 35.3 Å². The van der Waals surface area contributed by atoms with Gasteiger partial charge < -0.3 is 10.6 Å². The molecule has 0 radical (unpaired) electrons. The minimum Gasteiger partial charge on any atom is -0.370 e. The normalized spacial score (nSPS) is 27.4. The number of hydrogen-bond donors (Lipinski definition) is 1. The van der Waals surface area contributed by atoms with E-state index in [-0.39, 0.29) is 5.54 Å². The third-order valence-corrected chi connectivity index (χ3v) is 4.10. The third kappa shape index (κ3) is 1.69. The molecule has 2 N–H and O–H groups in total. The standard InChI is InChI=1S/C15H21N3/c1-2-10-15(12-6-4-3-5-7-12)11-17-14(16)18(15)13-8-9-13/h3-7,13H,2,8-11H2,1H3,(H2,16,17). The molecule has 1 saturated carbocycles.